The molecule has 0 atom stereocenters. The van der Waals surface area contributed by atoms with E-state index in [1.54, 1.807) is 19.1 Å². The maximum atomic E-state index is 10.7. The molecule has 0 aliphatic carbocycles. The first-order chi connectivity index (χ1) is 7.63. The highest BCUT2D eigenvalue weighted by molar-refractivity contribution is 8.13. The van der Waals surface area contributed by atoms with Gasteiger partial charge in [-0.25, -0.2) is 0 Å². The van der Waals surface area contributed by atoms with Gasteiger partial charge in [-0.3, -0.25) is 4.79 Å². The van der Waals surface area contributed by atoms with E-state index in [1.807, 2.05) is 18.2 Å². The Morgan fingerprint density at radius 1 is 1.56 bits per heavy atom. The predicted octanol–water partition coefficient (Wildman–Crippen LogP) is 3.13. The first-order valence-electron chi connectivity index (χ1n) is 4.82. The third kappa shape index (κ3) is 4.39. The number of rotatable bonds is 4. The van der Waals surface area contributed by atoms with Crippen LogP contribution in [0.15, 0.2) is 24.3 Å². The molecule has 0 radical (unpaired) electrons. The van der Waals surface area contributed by atoms with Crippen molar-refractivity contribution >= 4 is 34.6 Å². The Morgan fingerprint density at radius 2 is 2.31 bits per heavy atom. The lowest BCUT2D eigenvalue weighted by Crippen LogP contribution is -1.88. The number of carbonyl (C=O) groups is 1. The van der Waals surface area contributed by atoms with Crippen LogP contribution in [0.5, 0.6) is 0 Å². The van der Waals surface area contributed by atoms with E-state index in [9.17, 15) is 4.79 Å². The molecule has 0 saturated carbocycles. The smallest absolute Gasteiger partial charge is 0.186 e. The average Bonchev–Trinajstić information content (AvgIpc) is 2.25. The van der Waals surface area contributed by atoms with Crippen LogP contribution in [0.1, 0.15) is 18.1 Å². The highest BCUT2D eigenvalue weighted by Crippen LogP contribution is 2.17. The van der Waals surface area contributed by atoms with Crippen LogP contribution in [0.2, 0.25) is 5.02 Å². The van der Waals surface area contributed by atoms with E-state index in [4.69, 9.17) is 16.7 Å². The minimum atomic E-state index is -0.0416. The number of benzene rings is 1. The van der Waals surface area contributed by atoms with Gasteiger partial charge in [0.1, 0.15) is 0 Å². The zero-order chi connectivity index (χ0) is 12.0. The summed E-state index contributed by atoms with van der Waals surface area (Å²) in [6.45, 7) is 1.50. The van der Waals surface area contributed by atoms with Gasteiger partial charge in [-0.1, -0.05) is 41.6 Å². The Morgan fingerprint density at radius 3 is 2.94 bits per heavy atom. The Balaban J connectivity index is 2.69. The summed E-state index contributed by atoms with van der Waals surface area (Å²) in [6, 6.07) is 5.36. The van der Waals surface area contributed by atoms with E-state index >= 15 is 0 Å². The highest BCUT2D eigenvalue weighted by atomic mass is 35.5. The molecule has 4 heteroatoms. The predicted molar refractivity (Wildman–Crippen MR) is 69.5 cm³/mol. The second-order valence-electron chi connectivity index (χ2n) is 3.21. The molecule has 86 valence electrons. The topological polar surface area (TPSA) is 37.3 Å². The van der Waals surface area contributed by atoms with Crippen molar-refractivity contribution in [1.82, 2.24) is 0 Å². The summed E-state index contributed by atoms with van der Waals surface area (Å²) >= 11 is 7.07. The zero-order valence-electron chi connectivity index (χ0n) is 8.94. The monoisotopic (exact) mass is 256 g/mol. The van der Waals surface area contributed by atoms with Crippen LogP contribution in [0, 0.1) is 0 Å². The molecule has 16 heavy (non-hydrogen) atoms. The molecular formula is C12H13ClO2S. The van der Waals surface area contributed by atoms with Gasteiger partial charge in [-0.2, -0.15) is 0 Å². The zero-order valence-corrected chi connectivity index (χ0v) is 10.5. The third-order valence-electron chi connectivity index (χ3n) is 1.96. The molecule has 0 aliphatic heterocycles. The first-order valence-corrected chi connectivity index (χ1v) is 6.19. The minimum absolute atomic E-state index is 0.0416. The molecule has 0 bridgehead atoms. The van der Waals surface area contributed by atoms with Crippen molar-refractivity contribution in [2.75, 3.05) is 5.75 Å². The molecule has 1 aromatic carbocycles. The van der Waals surface area contributed by atoms with Gasteiger partial charge in [0.05, 0.1) is 6.61 Å². The number of hydrogen-bond donors (Lipinski definition) is 1. The van der Waals surface area contributed by atoms with Crippen molar-refractivity contribution in [2.24, 2.45) is 0 Å². The average molecular weight is 257 g/mol. The molecule has 0 fully saturated rings. The first kappa shape index (κ1) is 13.3. The molecule has 0 saturated heterocycles. The molecule has 0 aromatic heterocycles. The van der Waals surface area contributed by atoms with E-state index in [2.05, 4.69) is 0 Å². The Labute approximate surface area is 104 Å². The quantitative estimate of drug-likeness (QED) is 0.899. The highest BCUT2D eigenvalue weighted by Gasteiger charge is 1.99. The molecule has 1 aromatic rings. The lowest BCUT2D eigenvalue weighted by Gasteiger charge is -2.02. The van der Waals surface area contributed by atoms with Crippen LogP contribution in [0.4, 0.5) is 0 Å². The van der Waals surface area contributed by atoms with Crippen molar-refractivity contribution in [3.63, 3.8) is 0 Å². The maximum Gasteiger partial charge on any atom is 0.186 e. The minimum Gasteiger partial charge on any atom is -0.392 e. The van der Waals surface area contributed by atoms with Crippen molar-refractivity contribution in [3.8, 4) is 0 Å². The lowest BCUT2D eigenvalue weighted by molar-refractivity contribution is -0.109. The Bertz CT molecular complexity index is 402. The van der Waals surface area contributed by atoms with Crippen LogP contribution in [0.3, 0.4) is 0 Å². The molecular weight excluding hydrogens is 244 g/mol. The molecule has 0 amide bonds. The molecule has 2 nitrogen and oxygen atoms in total. The van der Waals surface area contributed by atoms with Gasteiger partial charge >= 0.3 is 0 Å². The van der Waals surface area contributed by atoms with Gasteiger partial charge in [0, 0.05) is 17.7 Å². The van der Waals surface area contributed by atoms with Gasteiger partial charge in [-0.15, -0.1) is 0 Å². The van der Waals surface area contributed by atoms with Crippen LogP contribution in [-0.2, 0) is 11.4 Å². The fourth-order valence-corrected chi connectivity index (χ4v) is 1.84. The van der Waals surface area contributed by atoms with Crippen molar-refractivity contribution in [1.29, 1.82) is 0 Å². The largest absolute Gasteiger partial charge is 0.392 e. The van der Waals surface area contributed by atoms with Gasteiger partial charge in [-0.05, 0) is 23.3 Å². The molecule has 1 N–H and O–H groups in total. The van der Waals surface area contributed by atoms with Crippen LogP contribution < -0.4 is 0 Å². The van der Waals surface area contributed by atoms with Gasteiger partial charge in [0.15, 0.2) is 5.12 Å². The third-order valence-corrected chi connectivity index (χ3v) is 2.96. The number of carbonyl (C=O) groups excluding carboxylic acids is 1. The molecule has 0 spiro atoms. The SMILES string of the molecule is CC(=O)SCC=Cc1ccc(Cl)cc1CO. The van der Waals surface area contributed by atoms with Crippen molar-refractivity contribution in [3.05, 3.63) is 40.4 Å². The van der Waals surface area contributed by atoms with Crippen LogP contribution in [0.25, 0.3) is 6.08 Å². The number of aliphatic hydroxyl groups excluding tert-OH is 1. The number of aliphatic hydroxyl groups is 1. The second kappa shape index (κ2) is 6.74. The van der Waals surface area contributed by atoms with E-state index in [0.717, 1.165) is 11.1 Å². The molecule has 1 rings (SSSR count). The lowest BCUT2D eigenvalue weighted by atomic mass is 10.1. The maximum absolute atomic E-state index is 10.7. The summed E-state index contributed by atoms with van der Waals surface area (Å²) in [5.74, 6) is 0.642. The Kier molecular flexibility index (Phi) is 5.60. The van der Waals surface area contributed by atoms with Gasteiger partial charge < -0.3 is 5.11 Å². The summed E-state index contributed by atoms with van der Waals surface area (Å²) < 4.78 is 0. The van der Waals surface area contributed by atoms with E-state index in [1.165, 1.54) is 11.8 Å². The Hall–Kier alpha value is -0.770. The fourth-order valence-electron chi connectivity index (χ4n) is 1.21. The number of thioether (sulfide) groups is 1. The number of hydrogen-bond acceptors (Lipinski definition) is 3. The van der Waals surface area contributed by atoms with E-state index < -0.39 is 0 Å². The summed E-state index contributed by atoms with van der Waals surface area (Å²) in [6.07, 6.45) is 3.78. The van der Waals surface area contributed by atoms with E-state index in [0.29, 0.717) is 10.8 Å². The van der Waals surface area contributed by atoms with Crippen LogP contribution in [-0.4, -0.2) is 16.0 Å². The summed E-state index contributed by atoms with van der Waals surface area (Å²) in [4.78, 5) is 10.7. The molecule has 0 unspecified atom stereocenters. The normalized spacial score (nSPS) is 10.9. The summed E-state index contributed by atoms with van der Waals surface area (Å²) in [5.41, 5.74) is 1.72. The van der Waals surface area contributed by atoms with Gasteiger partial charge in [0.25, 0.3) is 0 Å². The number of halogens is 1. The molecule has 0 heterocycles. The van der Waals surface area contributed by atoms with E-state index in [-0.39, 0.29) is 11.7 Å². The van der Waals surface area contributed by atoms with Crippen LogP contribution >= 0.6 is 23.4 Å². The van der Waals surface area contributed by atoms with Crippen molar-refractivity contribution < 1.29 is 9.90 Å². The summed E-state index contributed by atoms with van der Waals surface area (Å²) in [7, 11) is 0. The second-order valence-corrected chi connectivity index (χ2v) is 4.84. The summed E-state index contributed by atoms with van der Waals surface area (Å²) in [5, 5.41) is 9.85. The molecule has 0 aliphatic rings. The fraction of sp³-hybridized carbons (Fsp3) is 0.250. The van der Waals surface area contributed by atoms with Gasteiger partial charge in [0.2, 0.25) is 0 Å². The standard InChI is InChI=1S/C12H13ClO2S/c1-9(15)16-6-2-3-10-4-5-12(13)7-11(10)8-14/h2-5,7,14H,6,8H2,1H3. The van der Waals surface area contributed by atoms with Crippen molar-refractivity contribution in [2.45, 2.75) is 13.5 Å².